The lowest BCUT2D eigenvalue weighted by atomic mass is 9.85. The molecule has 0 unspecified atom stereocenters. The molecule has 0 bridgehead atoms. The van der Waals surface area contributed by atoms with Gasteiger partial charge in [0.25, 0.3) is 0 Å². The van der Waals surface area contributed by atoms with E-state index in [1.54, 1.807) is 0 Å². The summed E-state index contributed by atoms with van der Waals surface area (Å²) in [5.74, 6) is 1.93. The number of aryl methyl sites for hydroxylation is 1. The van der Waals surface area contributed by atoms with Crippen molar-refractivity contribution in [1.29, 1.82) is 0 Å². The first-order chi connectivity index (χ1) is 11.2. The summed E-state index contributed by atoms with van der Waals surface area (Å²) in [5, 5.41) is 3.36. The maximum atomic E-state index is 12.3. The zero-order valence-corrected chi connectivity index (χ0v) is 14.1. The molecule has 1 saturated heterocycles. The molecule has 0 radical (unpaired) electrons. The van der Waals surface area contributed by atoms with E-state index >= 15 is 0 Å². The van der Waals surface area contributed by atoms with Gasteiger partial charge in [0.2, 0.25) is 5.91 Å². The highest BCUT2D eigenvalue weighted by molar-refractivity contribution is 5.81. The summed E-state index contributed by atoms with van der Waals surface area (Å²) in [5.41, 5.74) is 2.68. The molecule has 0 spiro atoms. The third-order valence-corrected chi connectivity index (χ3v) is 5.92. The van der Waals surface area contributed by atoms with E-state index in [4.69, 9.17) is 0 Å². The zero-order valence-electron chi connectivity index (χ0n) is 14.1. The third kappa shape index (κ3) is 3.45. The number of likely N-dealkylation sites (tertiary alicyclic amines) is 1. The highest BCUT2D eigenvalue weighted by Crippen LogP contribution is 2.34. The molecule has 4 rings (SSSR count). The van der Waals surface area contributed by atoms with Crippen LogP contribution in [0.4, 0.5) is 0 Å². The zero-order chi connectivity index (χ0) is 15.8. The molecule has 3 fully saturated rings. The fourth-order valence-electron chi connectivity index (χ4n) is 4.02. The van der Waals surface area contributed by atoms with Crippen LogP contribution in [0.1, 0.15) is 49.1 Å². The molecule has 3 heteroatoms. The molecule has 1 aliphatic heterocycles. The van der Waals surface area contributed by atoms with Crippen LogP contribution < -0.4 is 5.32 Å². The van der Waals surface area contributed by atoms with Crippen molar-refractivity contribution in [3.8, 4) is 0 Å². The molecule has 124 valence electrons. The number of carbonyl (C=O) groups excluding carboxylic acids is 1. The van der Waals surface area contributed by atoms with Crippen LogP contribution in [0, 0.1) is 18.8 Å². The van der Waals surface area contributed by atoms with Crippen LogP contribution >= 0.6 is 0 Å². The van der Waals surface area contributed by atoms with Gasteiger partial charge in [-0.05, 0) is 44.1 Å². The molecule has 3 aliphatic rings. The van der Waals surface area contributed by atoms with Gasteiger partial charge in [-0.3, -0.25) is 4.79 Å². The van der Waals surface area contributed by atoms with E-state index in [2.05, 4.69) is 41.4 Å². The number of benzene rings is 1. The van der Waals surface area contributed by atoms with Crippen LogP contribution in [0.25, 0.3) is 0 Å². The van der Waals surface area contributed by atoms with Crippen LogP contribution in [0.2, 0.25) is 0 Å². The van der Waals surface area contributed by atoms with Gasteiger partial charge in [-0.25, -0.2) is 0 Å². The Bertz CT molecular complexity index is 560. The van der Waals surface area contributed by atoms with Crippen molar-refractivity contribution < 1.29 is 4.79 Å². The van der Waals surface area contributed by atoms with E-state index < -0.39 is 0 Å². The maximum absolute atomic E-state index is 12.3. The van der Waals surface area contributed by atoms with Crippen molar-refractivity contribution >= 4 is 5.91 Å². The maximum Gasteiger partial charge on any atom is 0.223 e. The Morgan fingerprint density at radius 2 is 1.87 bits per heavy atom. The monoisotopic (exact) mass is 312 g/mol. The molecule has 3 nitrogen and oxygen atoms in total. The minimum absolute atomic E-state index is 0.283. The molecule has 23 heavy (non-hydrogen) atoms. The van der Waals surface area contributed by atoms with Gasteiger partial charge in [0, 0.05) is 37.5 Å². The Balaban J connectivity index is 1.47. The van der Waals surface area contributed by atoms with Crippen molar-refractivity contribution in [3.05, 3.63) is 35.4 Å². The molecule has 2 saturated carbocycles. The molecule has 1 heterocycles. The predicted molar refractivity (Wildman–Crippen MR) is 92.4 cm³/mol. The van der Waals surface area contributed by atoms with Gasteiger partial charge in [0.05, 0.1) is 0 Å². The number of amides is 1. The molecular formula is C20H28N2O. The van der Waals surface area contributed by atoms with Gasteiger partial charge < -0.3 is 10.2 Å². The van der Waals surface area contributed by atoms with Gasteiger partial charge in [-0.2, -0.15) is 0 Å². The summed E-state index contributed by atoms with van der Waals surface area (Å²) in [4.78, 5) is 14.8. The molecule has 1 N–H and O–H groups in total. The number of carbonyl (C=O) groups is 1. The molecule has 1 aromatic rings. The fourth-order valence-corrected chi connectivity index (χ4v) is 4.02. The average molecular weight is 312 g/mol. The number of nitrogens with one attached hydrogen (secondary N) is 1. The Morgan fingerprint density at radius 3 is 2.48 bits per heavy atom. The lowest BCUT2D eigenvalue weighted by Gasteiger charge is -2.30. The van der Waals surface area contributed by atoms with E-state index in [1.165, 1.54) is 36.9 Å². The third-order valence-electron chi connectivity index (χ3n) is 5.92. The molecular weight excluding hydrogens is 284 g/mol. The summed E-state index contributed by atoms with van der Waals surface area (Å²) in [6.07, 6.45) is 6.36. The predicted octanol–water partition coefficient (Wildman–Crippen LogP) is 3.09. The molecule has 1 amide bonds. The Hall–Kier alpha value is -1.35. The summed E-state index contributed by atoms with van der Waals surface area (Å²) in [7, 11) is 0. The van der Waals surface area contributed by atoms with Crippen LogP contribution in [0.5, 0.6) is 0 Å². The second-order valence-electron chi connectivity index (χ2n) is 7.92. The van der Waals surface area contributed by atoms with Crippen molar-refractivity contribution in [3.63, 3.8) is 0 Å². The SMILES string of the molecule is Cc1ccc([C@@H]2CN(CC3CCC3)C[C@H]2NC(=O)C2CC2)cc1. The summed E-state index contributed by atoms with van der Waals surface area (Å²) >= 11 is 0. The topological polar surface area (TPSA) is 32.3 Å². The Labute approximate surface area is 139 Å². The number of hydrogen-bond acceptors (Lipinski definition) is 2. The normalized spacial score (nSPS) is 28.6. The van der Waals surface area contributed by atoms with Crippen molar-refractivity contribution in [2.24, 2.45) is 11.8 Å². The van der Waals surface area contributed by atoms with Gasteiger partial charge >= 0.3 is 0 Å². The van der Waals surface area contributed by atoms with E-state index in [0.717, 1.165) is 31.8 Å². The largest absolute Gasteiger partial charge is 0.351 e. The summed E-state index contributed by atoms with van der Waals surface area (Å²) < 4.78 is 0. The molecule has 2 atom stereocenters. The van der Waals surface area contributed by atoms with Gasteiger partial charge in [0.15, 0.2) is 0 Å². The summed E-state index contributed by atoms with van der Waals surface area (Å²) in [6, 6.07) is 9.19. The minimum Gasteiger partial charge on any atom is -0.351 e. The number of rotatable bonds is 5. The summed E-state index contributed by atoms with van der Waals surface area (Å²) in [6.45, 7) is 5.47. The number of nitrogens with zero attached hydrogens (tertiary/aromatic N) is 1. The standard InChI is InChI=1S/C20H28N2O/c1-14-5-7-16(8-6-14)18-12-22(11-15-3-2-4-15)13-19(18)21-20(23)17-9-10-17/h5-8,15,17-19H,2-4,9-13H2,1H3,(H,21,23)/t18-,19+/m0/s1. The second-order valence-corrected chi connectivity index (χ2v) is 7.92. The minimum atomic E-state index is 0.283. The highest BCUT2D eigenvalue weighted by atomic mass is 16.2. The second kappa shape index (κ2) is 6.27. The lowest BCUT2D eigenvalue weighted by molar-refractivity contribution is -0.123. The first kappa shape index (κ1) is 15.2. The van der Waals surface area contributed by atoms with Crippen molar-refractivity contribution in [1.82, 2.24) is 10.2 Å². The quantitative estimate of drug-likeness (QED) is 0.906. The van der Waals surface area contributed by atoms with Gasteiger partial charge in [-0.15, -0.1) is 0 Å². The molecule has 1 aromatic carbocycles. The van der Waals surface area contributed by atoms with E-state index in [9.17, 15) is 4.79 Å². The van der Waals surface area contributed by atoms with Crippen LogP contribution in [0.15, 0.2) is 24.3 Å². The van der Waals surface area contributed by atoms with E-state index in [1.807, 2.05) is 0 Å². The van der Waals surface area contributed by atoms with Crippen LogP contribution in [-0.2, 0) is 4.79 Å². The smallest absolute Gasteiger partial charge is 0.223 e. The molecule has 2 aliphatic carbocycles. The lowest BCUT2D eigenvalue weighted by Crippen LogP contribution is -2.41. The average Bonchev–Trinajstić information content (AvgIpc) is 3.27. The Kier molecular flexibility index (Phi) is 4.14. The van der Waals surface area contributed by atoms with Gasteiger partial charge in [-0.1, -0.05) is 36.2 Å². The first-order valence-corrected chi connectivity index (χ1v) is 9.28. The Morgan fingerprint density at radius 1 is 1.13 bits per heavy atom. The number of hydrogen-bond donors (Lipinski definition) is 1. The van der Waals surface area contributed by atoms with Crippen molar-refractivity contribution in [2.75, 3.05) is 19.6 Å². The van der Waals surface area contributed by atoms with E-state index in [-0.39, 0.29) is 11.9 Å². The first-order valence-electron chi connectivity index (χ1n) is 9.28. The van der Waals surface area contributed by atoms with Gasteiger partial charge in [0.1, 0.15) is 0 Å². The van der Waals surface area contributed by atoms with Crippen molar-refractivity contribution in [2.45, 2.75) is 51.0 Å². The highest BCUT2D eigenvalue weighted by Gasteiger charge is 2.38. The molecule has 0 aromatic heterocycles. The fraction of sp³-hybridized carbons (Fsp3) is 0.650. The van der Waals surface area contributed by atoms with E-state index in [0.29, 0.717) is 11.8 Å². The van der Waals surface area contributed by atoms with Crippen LogP contribution in [-0.4, -0.2) is 36.5 Å². The van der Waals surface area contributed by atoms with Crippen LogP contribution in [0.3, 0.4) is 0 Å².